The van der Waals surface area contributed by atoms with E-state index in [9.17, 15) is 9.59 Å². The van der Waals surface area contributed by atoms with Gasteiger partial charge >= 0.3 is 12.1 Å². The van der Waals surface area contributed by atoms with Crippen molar-refractivity contribution in [3.63, 3.8) is 0 Å². The number of nitrogens with zero attached hydrogens (tertiary/aromatic N) is 1. The van der Waals surface area contributed by atoms with Gasteiger partial charge in [-0.2, -0.15) is 0 Å². The minimum atomic E-state index is -1.96. The summed E-state index contributed by atoms with van der Waals surface area (Å²) in [5.74, 6) is 0.313. The molecule has 202 valence electrons. The second-order valence-corrected chi connectivity index (χ2v) is 17.3. The Bertz CT molecular complexity index is 593. The van der Waals surface area contributed by atoms with Gasteiger partial charge in [-0.3, -0.25) is 4.79 Å². The van der Waals surface area contributed by atoms with E-state index in [0.29, 0.717) is 32.3 Å². The van der Waals surface area contributed by atoms with Gasteiger partial charge in [0.1, 0.15) is 0 Å². The summed E-state index contributed by atoms with van der Waals surface area (Å²) in [5, 5.41) is 0.100. The summed E-state index contributed by atoms with van der Waals surface area (Å²) in [4.78, 5) is 27.0. The zero-order chi connectivity index (χ0) is 26.6. The van der Waals surface area contributed by atoms with E-state index in [1.54, 1.807) is 0 Å². The lowest BCUT2D eigenvalue weighted by atomic mass is 9.97. The highest BCUT2D eigenvalue weighted by molar-refractivity contribution is 6.74. The standard InChI is InChI=1S/C27H55NO5Si/c1-12-13-19-32-25(30)28(18-17-22(2)3)23(21-33-34(10,11)27(7,8)9)16-14-15-20-31-24(29)26(4,5)6/h22-23H,12-21H2,1-11H3. The number of unbranched alkanes of at least 4 members (excludes halogenated alkanes) is 2. The van der Waals surface area contributed by atoms with Gasteiger partial charge in [0.2, 0.25) is 0 Å². The molecule has 7 heteroatoms. The van der Waals surface area contributed by atoms with E-state index >= 15 is 0 Å². The van der Waals surface area contributed by atoms with Crippen molar-refractivity contribution in [1.82, 2.24) is 4.90 Å². The average molecular weight is 502 g/mol. The molecule has 6 nitrogen and oxygen atoms in total. The van der Waals surface area contributed by atoms with Crippen LogP contribution in [0.2, 0.25) is 18.1 Å². The number of hydrogen-bond donors (Lipinski definition) is 0. The smallest absolute Gasteiger partial charge is 0.410 e. The zero-order valence-electron chi connectivity index (χ0n) is 24.2. The third kappa shape index (κ3) is 13.1. The minimum absolute atomic E-state index is 0.0553. The highest BCUT2D eigenvalue weighted by Gasteiger charge is 2.38. The Morgan fingerprint density at radius 2 is 1.47 bits per heavy atom. The van der Waals surface area contributed by atoms with Crippen molar-refractivity contribution in [2.45, 2.75) is 125 Å². The largest absolute Gasteiger partial charge is 0.465 e. The van der Waals surface area contributed by atoms with Crippen LogP contribution in [0.25, 0.3) is 0 Å². The first-order valence-corrected chi connectivity index (χ1v) is 16.2. The molecule has 0 bridgehead atoms. The fourth-order valence-electron chi connectivity index (χ4n) is 2.92. The molecule has 0 rings (SSSR count). The number of carbonyl (C=O) groups is 2. The van der Waals surface area contributed by atoms with Gasteiger partial charge in [0.25, 0.3) is 0 Å². The van der Waals surface area contributed by atoms with Gasteiger partial charge in [0.15, 0.2) is 8.32 Å². The SMILES string of the molecule is CCCCOC(=O)N(CCC(C)C)C(CCCCOC(=O)C(C)(C)C)CO[Si](C)(C)C(C)(C)C. The van der Waals surface area contributed by atoms with E-state index in [-0.39, 0.29) is 23.1 Å². The number of rotatable bonds is 15. The quantitative estimate of drug-likeness (QED) is 0.133. The van der Waals surface area contributed by atoms with E-state index in [4.69, 9.17) is 13.9 Å². The Balaban J connectivity index is 5.35. The van der Waals surface area contributed by atoms with Crippen LogP contribution < -0.4 is 0 Å². The molecule has 1 amide bonds. The molecule has 1 atom stereocenters. The first-order valence-electron chi connectivity index (χ1n) is 13.3. The van der Waals surface area contributed by atoms with Crippen molar-refractivity contribution in [3.8, 4) is 0 Å². The molecule has 34 heavy (non-hydrogen) atoms. The average Bonchev–Trinajstić information content (AvgIpc) is 2.69. The van der Waals surface area contributed by atoms with Crippen LogP contribution in [-0.2, 0) is 18.7 Å². The van der Waals surface area contributed by atoms with Gasteiger partial charge in [-0.15, -0.1) is 0 Å². The molecule has 0 fully saturated rings. The van der Waals surface area contributed by atoms with Crippen LogP contribution in [0.5, 0.6) is 0 Å². The van der Waals surface area contributed by atoms with Gasteiger partial charge in [0, 0.05) is 6.54 Å². The highest BCUT2D eigenvalue weighted by atomic mass is 28.4. The lowest BCUT2D eigenvalue weighted by Gasteiger charge is -2.39. The fourth-order valence-corrected chi connectivity index (χ4v) is 3.96. The molecule has 0 aliphatic heterocycles. The van der Waals surface area contributed by atoms with E-state index < -0.39 is 13.7 Å². The number of carbonyl (C=O) groups excluding carboxylic acids is 2. The molecule has 1 unspecified atom stereocenters. The predicted octanol–water partition coefficient (Wildman–Crippen LogP) is 7.42. The van der Waals surface area contributed by atoms with Crippen LogP contribution in [0.1, 0.15) is 101 Å². The molecule has 0 spiro atoms. The molecule has 0 saturated heterocycles. The van der Waals surface area contributed by atoms with E-state index in [1.807, 2.05) is 25.7 Å². The molecule has 0 heterocycles. The van der Waals surface area contributed by atoms with Crippen LogP contribution in [-0.4, -0.2) is 57.7 Å². The van der Waals surface area contributed by atoms with Crippen LogP contribution in [0, 0.1) is 11.3 Å². The van der Waals surface area contributed by atoms with Crippen molar-refractivity contribution in [2.75, 3.05) is 26.4 Å². The van der Waals surface area contributed by atoms with Crippen LogP contribution >= 0.6 is 0 Å². The maximum absolute atomic E-state index is 13.1. The lowest BCUT2D eigenvalue weighted by Crippen LogP contribution is -2.48. The summed E-state index contributed by atoms with van der Waals surface area (Å²) in [5.41, 5.74) is -0.491. The zero-order valence-corrected chi connectivity index (χ0v) is 25.2. The predicted molar refractivity (Wildman–Crippen MR) is 144 cm³/mol. The van der Waals surface area contributed by atoms with Gasteiger partial charge in [-0.05, 0) is 76.9 Å². The third-order valence-corrected chi connectivity index (χ3v) is 11.1. The van der Waals surface area contributed by atoms with Crippen LogP contribution in [0.15, 0.2) is 0 Å². The Morgan fingerprint density at radius 3 is 1.97 bits per heavy atom. The highest BCUT2D eigenvalue weighted by Crippen LogP contribution is 2.37. The Labute approximate surface area is 211 Å². The first-order chi connectivity index (χ1) is 15.5. The summed E-state index contributed by atoms with van der Waals surface area (Å²) in [6.45, 7) is 25.2. The first kappa shape index (κ1) is 32.9. The molecule has 0 aliphatic carbocycles. The summed E-state index contributed by atoms with van der Waals surface area (Å²) < 4.78 is 17.6. The molecule has 0 aromatic carbocycles. The van der Waals surface area contributed by atoms with Crippen molar-refractivity contribution < 1.29 is 23.5 Å². The molecule has 0 radical (unpaired) electrons. The topological polar surface area (TPSA) is 65.1 Å². The normalized spacial score (nSPS) is 13.6. The summed E-state index contributed by atoms with van der Waals surface area (Å²) in [6, 6.07) is -0.0553. The maximum Gasteiger partial charge on any atom is 0.410 e. The number of hydrogen-bond acceptors (Lipinski definition) is 5. The molecule has 0 aliphatic rings. The number of esters is 1. The Kier molecular flexibility index (Phi) is 14.6. The molecule has 0 aromatic rings. The van der Waals surface area contributed by atoms with E-state index in [0.717, 1.165) is 38.5 Å². The fraction of sp³-hybridized carbons (Fsp3) is 0.926. The second-order valence-electron chi connectivity index (χ2n) is 12.5. The van der Waals surface area contributed by atoms with Gasteiger partial charge < -0.3 is 18.8 Å². The lowest BCUT2D eigenvalue weighted by molar-refractivity contribution is -0.153. The maximum atomic E-state index is 13.1. The minimum Gasteiger partial charge on any atom is -0.465 e. The number of amides is 1. The van der Waals surface area contributed by atoms with Crippen molar-refractivity contribution in [2.24, 2.45) is 11.3 Å². The second kappa shape index (κ2) is 15.1. The molecule has 0 N–H and O–H groups in total. The Morgan fingerprint density at radius 1 is 0.882 bits per heavy atom. The molecule has 0 aromatic heterocycles. The van der Waals surface area contributed by atoms with E-state index in [1.165, 1.54) is 0 Å². The van der Waals surface area contributed by atoms with Gasteiger partial charge in [-0.1, -0.05) is 48.0 Å². The summed E-state index contributed by atoms with van der Waals surface area (Å²) in [7, 11) is -1.96. The van der Waals surface area contributed by atoms with Gasteiger partial charge in [-0.25, -0.2) is 4.79 Å². The summed E-state index contributed by atoms with van der Waals surface area (Å²) in [6.07, 6.45) is 4.95. The van der Waals surface area contributed by atoms with Crippen LogP contribution in [0.4, 0.5) is 4.79 Å². The summed E-state index contributed by atoms with van der Waals surface area (Å²) >= 11 is 0. The van der Waals surface area contributed by atoms with Crippen molar-refractivity contribution in [1.29, 1.82) is 0 Å². The van der Waals surface area contributed by atoms with E-state index in [2.05, 4.69) is 54.6 Å². The molecular weight excluding hydrogens is 446 g/mol. The molecular formula is C27H55NO5Si. The molecule has 0 saturated carbocycles. The van der Waals surface area contributed by atoms with Crippen molar-refractivity contribution >= 4 is 20.4 Å². The van der Waals surface area contributed by atoms with Crippen molar-refractivity contribution in [3.05, 3.63) is 0 Å². The number of ether oxygens (including phenoxy) is 2. The van der Waals surface area contributed by atoms with Gasteiger partial charge in [0.05, 0.1) is 31.3 Å². The van der Waals surface area contributed by atoms with Crippen LogP contribution in [0.3, 0.4) is 0 Å². The third-order valence-electron chi connectivity index (χ3n) is 6.57. The monoisotopic (exact) mass is 501 g/mol. The Hall–Kier alpha value is -1.08.